The molecule has 118 valence electrons. The lowest BCUT2D eigenvalue weighted by Crippen LogP contribution is -2.42. The summed E-state index contributed by atoms with van der Waals surface area (Å²) in [7, 11) is 3.22. The number of hydrogen-bond donors (Lipinski definition) is 3. The molecule has 0 atom stereocenters. The van der Waals surface area contributed by atoms with E-state index in [1.165, 1.54) is 24.3 Å². The molecule has 0 radical (unpaired) electrons. The van der Waals surface area contributed by atoms with Gasteiger partial charge in [0.1, 0.15) is 5.82 Å². The van der Waals surface area contributed by atoms with Crippen molar-refractivity contribution in [2.45, 2.75) is 0 Å². The van der Waals surface area contributed by atoms with Gasteiger partial charge in [-0.25, -0.2) is 4.39 Å². The molecular formula is C13H20FIN4O2. The summed E-state index contributed by atoms with van der Waals surface area (Å²) in [4.78, 5) is 15.6. The van der Waals surface area contributed by atoms with Crippen LogP contribution in [0.15, 0.2) is 29.3 Å². The maximum atomic E-state index is 12.7. The number of halogens is 2. The van der Waals surface area contributed by atoms with Gasteiger partial charge >= 0.3 is 0 Å². The Labute approximate surface area is 140 Å². The largest absolute Gasteiger partial charge is 0.383 e. The molecule has 8 heteroatoms. The summed E-state index contributed by atoms with van der Waals surface area (Å²) in [5, 5.41) is 8.48. The zero-order valence-electron chi connectivity index (χ0n) is 12.0. The first-order valence-corrected chi connectivity index (χ1v) is 6.14. The Hall–Kier alpha value is -1.42. The van der Waals surface area contributed by atoms with E-state index in [0.29, 0.717) is 24.8 Å². The van der Waals surface area contributed by atoms with Crippen LogP contribution in [0.3, 0.4) is 0 Å². The summed E-state index contributed by atoms with van der Waals surface area (Å²) in [6, 6.07) is 5.57. The number of hydrogen-bond acceptors (Lipinski definition) is 3. The van der Waals surface area contributed by atoms with Crippen LogP contribution >= 0.6 is 24.0 Å². The van der Waals surface area contributed by atoms with Crippen molar-refractivity contribution in [1.29, 1.82) is 0 Å². The lowest BCUT2D eigenvalue weighted by atomic mass is 10.3. The fourth-order valence-corrected chi connectivity index (χ4v) is 1.39. The molecule has 0 aliphatic rings. The van der Waals surface area contributed by atoms with Gasteiger partial charge in [-0.1, -0.05) is 0 Å². The van der Waals surface area contributed by atoms with E-state index in [1.807, 2.05) is 0 Å². The third kappa shape index (κ3) is 8.45. The third-order valence-corrected chi connectivity index (χ3v) is 2.37. The molecule has 0 saturated carbocycles. The van der Waals surface area contributed by atoms with Gasteiger partial charge in [0.2, 0.25) is 5.91 Å². The number of anilines is 1. The molecule has 0 bridgehead atoms. The number of rotatable bonds is 6. The summed E-state index contributed by atoms with van der Waals surface area (Å²) in [5.41, 5.74) is 0.542. The Bertz CT molecular complexity index is 454. The smallest absolute Gasteiger partial charge is 0.243 e. The van der Waals surface area contributed by atoms with Crippen molar-refractivity contribution in [1.82, 2.24) is 10.6 Å². The van der Waals surface area contributed by atoms with Crippen molar-refractivity contribution < 1.29 is 13.9 Å². The topological polar surface area (TPSA) is 74.8 Å². The second-order valence-electron chi connectivity index (χ2n) is 3.90. The Morgan fingerprint density at radius 2 is 1.95 bits per heavy atom. The molecule has 3 N–H and O–H groups in total. The van der Waals surface area contributed by atoms with Crippen molar-refractivity contribution in [3.63, 3.8) is 0 Å². The molecule has 6 nitrogen and oxygen atoms in total. The molecule has 21 heavy (non-hydrogen) atoms. The summed E-state index contributed by atoms with van der Waals surface area (Å²) < 4.78 is 17.6. The van der Waals surface area contributed by atoms with Gasteiger partial charge < -0.3 is 20.7 Å². The highest BCUT2D eigenvalue weighted by atomic mass is 127. The zero-order valence-corrected chi connectivity index (χ0v) is 14.3. The second kappa shape index (κ2) is 11.3. The van der Waals surface area contributed by atoms with Gasteiger partial charge in [0.25, 0.3) is 0 Å². The zero-order chi connectivity index (χ0) is 14.8. The molecule has 0 fully saturated rings. The minimum Gasteiger partial charge on any atom is -0.383 e. The van der Waals surface area contributed by atoms with Gasteiger partial charge in [-0.3, -0.25) is 9.79 Å². The fraction of sp³-hybridized carbons (Fsp3) is 0.385. The Kier molecular flexibility index (Phi) is 10.5. The Morgan fingerprint density at radius 1 is 1.29 bits per heavy atom. The minimum absolute atomic E-state index is 0. The number of carbonyl (C=O) groups excluding carboxylic acids is 1. The molecule has 0 aromatic heterocycles. The molecule has 1 aromatic rings. The highest BCUT2D eigenvalue weighted by Crippen LogP contribution is 2.07. The summed E-state index contributed by atoms with van der Waals surface area (Å²) in [5.74, 6) is -0.0773. The quantitative estimate of drug-likeness (QED) is 0.285. The first-order valence-electron chi connectivity index (χ1n) is 6.14. The van der Waals surface area contributed by atoms with Gasteiger partial charge in [0.05, 0.1) is 13.2 Å². The number of methoxy groups -OCH3 is 1. The predicted molar refractivity (Wildman–Crippen MR) is 91.7 cm³/mol. The monoisotopic (exact) mass is 410 g/mol. The number of guanidine groups is 1. The van der Waals surface area contributed by atoms with E-state index in [2.05, 4.69) is 20.9 Å². The van der Waals surface area contributed by atoms with Gasteiger partial charge in [-0.2, -0.15) is 0 Å². The lowest BCUT2D eigenvalue weighted by Gasteiger charge is -2.11. The first kappa shape index (κ1) is 19.6. The molecule has 0 unspecified atom stereocenters. The van der Waals surface area contributed by atoms with Crippen LogP contribution in [0.1, 0.15) is 0 Å². The van der Waals surface area contributed by atoms with Gasteiger partial charge in [-0.05, 0) is 24.3 Å². The van der Waals surface area contributed by atoms with Crippen LogP contribution in [0.25, 0.3) is 0 Å². The Balaban J connectivity index is 0.00000400. The van der Waals surface area contributed by atoms with Crippen molar-refractivity contribution in [2.75, 3.05) is 39.2 Å². The fourth-order valence-electron chi connectivity index (χ4n) is 1.39. The SMILES string of the molecule is CN=C(NCCOC)NCC(=O)Nc1ccc(F)cc1.I. The molecular weight excluding hydrogens is 390 g/mol. The van der Waals surface area contributed by atoms with Crippen LogP contribution in [0.4, 0.5) is 10.1 Å². The molecule has 1 aromatic carbocycles. The molecule has 1 rings (SSSR count). The highest BCUT2D eigenvalue weighted by Gasteiger charge is 2.04. The average Bonchev–Trinajstić information content (AvgIpc) is 2.45. The van der Waals surface area contributed by atoms with Crippen LogP contribution in [0, 0.1) is 5.82 Å². The van der Waals surface area contributed by atoms with Crippen molar-refractivity contribution >= 4 is 41.5 Å². The van der Waals surface area contributed by atoms with Crippen LogP contribution in [0.2, 0.25) is 0 Å². The molecule has 0 aliphatic carbocycles. The number of nitrogens with zero attached hydrogens (tertiary/aromatic N) is 1. The van der Waals surface area contributed by atoms with E-state index in [-0.39, 0.29) is 42.2 Å². The molecule has 0 heterocycles. The molecule has 0 aliphatic heterocycles. The number of ether oxygens (including phenoxy) is 1. The molecule has 0 spiro atoms. The number of benzene rings is 1. The maximum Gasteiger partial charge on any atom is 0.243 e. The van der Waals surface area contributed by atoms with Crippen LogP contribution in [0.5, 0.6) is 0 Å². The van der Waals surface area contributed by atoms with E-state index >= 15 is 0 Å². The van der Waals surface area contributed by atoms with E-state index < -0.39 is 0 Å². The first-order chi connectivity index (χ1) is 9.65. The summed E-state index contributed by atoms with van der Waals surface area (Å²) in [6.07, 6.45) is 0. The van der Waals surface area contributed by atoms with Crippen molar-refractivity contribution in [3.8, 4) is 0 Å². The van der Waals surface area contributed by atoms with Gasteiger partial charge in [0.15, 0.2) is 5.96 Å². The number of nitrogens with one attached hydrogen (secondary N) is 3. The van der Waals surface area contributed by atoms with Crippen molar-refractivity contribution in [3.05, 3.63) is 30.1 Å². The van der Waals surface area contributed by atoms with Gasteiger partial charge in [-0.15, -0.1) is 24.0 Å². The van der Waals surface area contributed by atoms with Crippen LogP contribution in [-0.4, -0.2) is 45.7 Å². The molecule has 0 saturated heterocycles. The maximum absolute atomic E-state index is 12.7. The molecule has 1 amide bonds. The van der Waals surface area contributed by atoms with E-state index in [9.17, 15) is 9.18 Å². The average molecular weight is 410 g/mol. The van der Waals surface area contributed by atoms with Crippen LogP contribution < -0.4 is 16.0 Å². The lowest BCUT2D eigenvalue weighted by molar-refractivity contribution is -0.115. The second-order valence-corrected chi connectivity index (χ2v) is 3.90. The third-order valence-electron chi connectivity index (χ3n) is 2.37. The number of carbonyl (C=O) groups is 1. The normalized spacial score (nSPS) is 10.5. The van der Waals surface area contributed by atoms with E-state index in [1.54, 1.807) is 14.2 Å². The van der Waals surface area contributed by atoms with Crippen LogP contribution in [-0.2, 0) is 9.53 Å². The Morgan fingerprint density at radius 3 is 2.52 bits per heavy atom. The number of aliphatic imine (C=N–C) groups is 1. The van der Waals surface area contributed by atoms with Gasteiger partial charge in [0, 0.05) is 26.4 Å². The van der Waals surface area contributed by atoms with Crippen molar-refractivity contribution in [2.24, 2.45) is 4.99 Å². The predicted octanol–water partition coefficient (Wildman–Crippen LogP) is 1.19. The minimum atomic E-state index is -0.344. The van der Waals surface area contributed by atoms with E-state index in [0.717, 1.165) is 0 Å². The summed E-state index contributed by atoms with van der Waals surface area (Å²) in [6.45, 7) is 1.20. The standard InChI is InChI=1S/C13H19FN4O2.HI/c1-15-13(16-7-8-20-2)17-9-12(19)18-11-5-3-10(14)4-6-11;/h3-6H,7-9H2,1-2H3,(H,18,19)(H2,15,16,17);1H. The highest BCUT2D eigenvalue weighted by molar-refractivity contribution is 14.0. The summed E-state index contributed by atoms with van der Waals surface area (Å²) >= 11 is 0. The number of amides is 1. The van der Waals surface area contributed by atoms with E-state index in [4.69, 9.17) is 4.74 Å².